The van der Waals surface area contributed by atoms with Gasteiger partial charge in [0.05, 0.1) is 12.1 Å². The SMILES string of the molecule is CCC(O)c1ccc(OCc2nnnn2C2CC2)cc1. The maximum absolute atomic E-state index is 9.73. The highest BCUT2D eigenvalue weighted by Gasteiger charge is 2.27. The largest absolute Gasteiger partial charge is 0.486 e. The van der Waals surface area contributed by atoms with Gasteiger partial charge in [0.15, 0.2) is 5.82 Å². The molecule has 0 amide bonds. The van der Waals surface area contributed by atoms with Gasteiger partial charge in [0, 0.05) is 0 Å². The molecule has 1 heterocycles. The summed E-state index contributed by atoms with van der Waals surface area (Å²) in [7, 11) is 0. The van der Waals surface area contributed by atoms with Crippen molar-refractivity contribution in [3.05, 3.63) is 35.7 Å². The molecule has 1 unspecified atom stereocenters. The smallest absolute Gasteiger partial charge is 0.189 e. The van der Waals surface area contributed by atoms with Crippen LogP contribution in [-0.2, 0) is 6.61 Å². The number of ether oxygens (including phenoxy) is 1. The van der Waals surface area contributed by atoms with Crippen molar-refractivity contribution in [1.29, 1.82) is 0 Å². The Labute approximate surface area is 117 Å². The molecule has 0 radical (unpaired) electrons. The highest BCUT2D eigenvalue weighted by Crippen LogP contribution is 2.34. The van der Waals surface area contributed by atoms with E-state index in [1.54, 1.807) is 0 Å². The fourth-order valence-corrected chi connectivity index (χ4v) is 2.08. The van der Waals surface area contributed by atoms with Crippen LogP contribution < -0.4 is 4.74 Å². The molecule has 3 rings (SSSR count). The monoisotopic (exact) mass is 274 g/mol. The van der Waals surface area contributed by atoms with Crippen LogP contribution in [0.25, 0.3) is 0 Å². The van der Waals surface area contributed by atoms with Crippen LogP contribution in [0.5, 0.6) is 5.75 Å². The molecule has 106 valence electrons. The molecule has 20 heavy (non-hydrogen) atoms. The second kappa shape index (κ2) is 5.58. The highest BCUT2D eigenvalue weighted by atomic mass is 16.5. The van der Waals surface area contributed by atoms with Gasteiger partial charge in [0.25, 0.3) is 0 Å². The molecular formula is C14H18N4O2. The predicted octanol–water partition coefficient (Wildman–Crippen LogP) is 2.03. The highest BCUT2D eigenvalue weighted by molar-refractivity contribution is 5.28. The van der Waals surface area contributed by atoms with Gasteiger partial charge < -0.3 is 9.84 Å². The number of rotatable bonds is 6. The third-order valence-corrected chi connectivity index (χ3v) is 3.47. The molecule has 1 fully saturated rings. The second-order valence-corrected chi connectivity index (χ2v) is 5.05. The lowest BCUT2D eigenvalue weighted by molar-refractivity contribution is 0.173. The summed E-state index contributed by atoms with van der Waals surface area (Å²) in [6.07, 6.45) is 2.57. The minimum absolute atomic E-state index is 0.360. The van der Waals surface area contributed by atoms with Gasteiger partial charge in [-0.2, -0.15) is 0 Å². The van der Waals surface area contributed by atoms with E-state index in [1.165, 1.54) is 0 Å². The molecule has 6 nitrogen and oxygen atoms in total. The zero-order valence-corrected chi connectivity index (χ0v) is 11.4. The van der Waals surface area contributed by atoms with Crippen molar-refractivity contribution < 1.29 is 9.84 Å². The van der Waals surface area contributed by atoms with E-state index >= 15 is 0 Å². The average molecular weight is 274 g/mol. The second-order valence-electron chi connectivity index (χ2n) is 5.05. The molecule has 1 aliphatic carbocycles. The first kappa shape index (κ1) is 13.1. The lowest BCUT2D eigenvalue weighted by Crippen LogP contribution is -2.07. The fourth-order valence-electron chi connectivity index (χ4n) is 2.08. The normalized spacial score (nSPS) is 16.1. The maximum Gasteiger partial charge on any atom is 0.189 e. The summed E-state index contributed by atoms with van der Waals surface area (Å²) in [6.45, 7) is 2.31. The Kier molecular flexibility index (Phi) is 3.64. The summed E-state index contributed by atoms with van der Waals surface area (Å²) in [5.74, 6) is 1.51. The van der Waals surface area contributed by atoms with Crippen molar-refractivity contribution in [3.63, 3.8) is 0 Å². The molecule has 6 heteroatoms. The van der Waals surface area contributed by atoms with E-state index in [4.69, 9.17) is 4.74 Å². The van der Waals surface area contributed by atoms with Gasteiger partial charge in [0.2, 0.25) is 0 Å². The zero-order chi connectivity index (χ0) is 13.9. The van der Waals surface area contributed by atoms with Crippen molar-refractivity contribution >= 4 is 0 Å². The number of aromatic nitrogens is 4. The molecule has 0 aliphatic heterocycles. The number of hydrogen-bond donors (Lipinski definition) is 1. The van der Waals surface area contributed by atoms with E-state index in [0.717, 1.165) is 30.0 Å². The lowest BCUT2D eigenvalue weighted by atomic mass is 10.1. The predicted molar refractivity (Wildman–Crippen MR) is 72.1 cm³/mol. The molecule has 1 aromatic carbocycles. The molecule has 2 aromatic rings. The van der Waals surface area contributed by atoms with Gasteiger partial charge in [-0.05, 0) is 47.4 Å². The molecular weight excluding hydrogens is 256 g/mol. The van der Waals surface area contributed by atoms with Crippen LogP contribution in [0.3, 0.4) is 0 Å². The number of aliphatic hydroxyl groups excluding tert-OH is 1. The Bertz CT molecular complexity index is 563. The number of aliphatic hydroxyl groups is 1. The van der Waals surface area contributed by atoms with Crippen molar-refractivity contribution in [3.8, 4) is 5.75 Å². The number of nitrogens with zero attached hydrogens (tertiary/aromatic N) is 4. The Hall–Kier alpha value is -1.95. The van der Waals surface area contributed by atoms with E-state index in [9.17, 15) is 5.11 Å². The number of hydrogen-bond acceptors (Lipinski definition) is 5. The van der Waals surface area contributed by atoms with Crippen LogP contribution in [0.4, 0.5) is 0 Å². The van der Waals surface area contributed by atoms with Gasteiger partial charge in [-0.3, -0.25) is 0 Å². The summed E-state index contributed by atoms with van der Waals surface area (Å²) in [5, 5.41) is 21.4. The van der Waals surface area contributed by atoms with Gasteiger partial charge in [-0.1, -0.05) is 19.1 Å². The van der Waals surface area contributed by atoms with Crippen LogP contribution in [0.15, 0.2) is 24.3 Å². The summed E-state index contributed by atoms with van der Waals surface area (Å²) in [6, 6.07) is 7.94. The first-order chi connectivity index (χ1) is 9.78. The van der Waals surface area contributed by atoms with Gasteiger partial charge in [-0.25, -0.2) is 4.68 Å². The Morgan fingerprint density at radius 2 is 2.10 bits per heavy atom. The zero-order valence-electron chi connectivity index (χ0n) is 11.4. The van der Waals surface area contributed by atoms with Gasteiger partial charge in [-0.15, -0.1) is 5.10 Å². The lowest BCUT2D eigenvalue weighted by Gasteiger charge is -2.10. The standard InChI is InChI=1S/C14H18N4O2/c1-2-13(19)10-3-7-12(8-4-10)20-9-14-15-16-17-18(14)11-5-6-11/h3-4,7-8,11,13,19H,2,5-6,9H2,1H3. The van der Waals surface area contributed by atoms with E-state index < -0.39 is 6.10 Å². The van der Waals surface area contributed by atoms with E-state index in [1.807, 2.05) is 35.9 Å². The molecule has 1 N–H and O–H groups in total. The van der Waals surface area contributed by atoms with Gasteiger partial charge >= 0.3 is 0 Å². The Morgan fingerprint density at radius 3 is 2.75 bits per heavy atom. The topological polar surface area (TPSA) is 73.1 Å². The molecule has 1 aromatic heterocycles. The van der Waals surface area contributed by atoms with Crippen molar-refractivity contribution in [2.45, 2.75) is 44.9 Å². The van der Waals surface area contributed by atoms with Crippen LogP contribution in [0.2, 0.25) is 0 Å². The van der Waals surface area contributed by atoms with Gasteiger partial charge in [0.1, 0.15) is 12.4 Å². The minimum Gasteiger partial charge on any atom is -0.486 e. The number of benzene rings is 1. The van der Waals surface area contributed by atoms with Crippen LogP contribution >= 0.6 is 0 Å². The maximum atomic E-state index is 9.73. The summed E-state index contributed by atoms with van der Waals surface area (Å²) in [4.78, 5) is 0. The number of tetrazole rings is 1. The molecule has 1 aliphatic rings. The summed E-state index contributed by atoms with van der Waals surface area (Å²) < 4.78 is 7.53. The van der Waals surface area contributed by atoms with E-state index in [-0.39, 0.29) is 0 Å². The van der Waals surface area contributed by atoms with E-state index in [0.29, 0.717) is 19.1 Å². The Balaban J connectivity index is 1.61. The molecule has 1 atom stereocenters. The minimum atomic E-state index is -0.411. The first-order valence-corrected chi connectivity index (χ1v) is 6.95. The molecule has 0 spiro atoms. The first-order valence-electron chi connectivity index (χ1n) is 6.95. The third kappa shape index (κ3) is 2.80. The fraction of sp³-hybridized carbons (Fsp3) is 0.500. The van der Waals surface area contributed by atoms with Crippen molar-refractivity contribution in [2.75, 3.05) is 0 Å². The molecule has 0 saturated heterocycles. The summed E-state index contributed by atoms with van der Waals surface area (Å²) >= 11 is 0. The average Bonchev–Trinajstić information content (AvgIpc) is 3.23. The Morgan fingerprint density at radius 1 is 1.35 bits per heavy atom. The van der Waals surface area contributed by atoms with Crippen LogP contribution in [0.1, 0.15) is 49.7 Å². The van der Waals surface area contributed by atoms with Crippen molar-refractivity contribution in [2.24, 2.45) is 0 Å². The third-order valence-electron chi connectivity index (χ3n) is 3.47. The van der Waals surface area contributed by atoms with Crippen LogP contribution in [-0.4, -0.2) is 25.3 Å². The quantitative estimate of drug-likeness (QED) is 0.872. The van der Waals surface area contributed by atoms with E-state index in [2.05, 4.69) is 15.5 Å². The summed E-state index contributed by atoms with van der Waals surface area (Å²) in [5.41, 5.74) is 0.905. The van der Waals surface area contributed by atoms with Crippen molar-refractivity contribution in [1.82, 2.24) is 20.2 Å². The van der Waals surface area contributed by atoms with Crippen LogP contribution in [0, 0.1) is 0 Å². The molecule has 1 saturated carbocycles. The molecule has 0 bridgehead atoms.